The summed E-state index contributed by atoms with van der Waals surface area (Å²) in [6.07, 6.45) is 4.94. The zero-order valence-corrected chi connectivity index (χ0v) is 14.0. The Morgan fingerprint density at radius 1 is 1.22 bits per heavy atom. The molecule has 3 N–H and O–H groups in total. The normalized spacial score (nSPS) is 17.0. The lowest BCUT2D eigenvalue weighted by molar-refractivity contribution is 0.0871. The van der Waals surface area contributed by atoms with Gasteiger partial charge in [-0.3, -0.25) is 9.59 Å². The number of nitrogens with two attached hydrogens (primary N) is 1. The lowest BCUT2D eigenvalue weighted by Crippen LogP contribution is -2.50. The molecule has 1 aliphatic rings. The summed E-state index contributed by atoms with van der Waals surface area (Å²) in [6, 6.07) is 0.00529. The third-order valence-corrected chi connectivity index (χ3v) is 4.13. The third-order valence-electron chi connectivity index (χ3n) is 4.13. The molecule has 1 aromatic heterocycles. The maximum Gasteiger partial charge on any atom is 0.271 e. The molecule has 0 aliphatic carbocycles. The Morgan fingerprint density at radius 2 is 1.78 bits per heavy atom. The predicted molar refractivity (Wildman–Crippen MR) is 86.9 cm³/mol. The van der Waals surface area contributed by atoms with Crippen LogP contribution in [0.1, 0.15) is 54.6 Å². The van der Waals surface area contributed by atoms with Gasteiger partial charge in [-0.2, -0.15) is 0 Å². The fourth-order valence-electron chi connectivity index (χ4n) is 2.56. The molecular weight excluding hydrogens is 294 g/mol. The van der Waals surface area contributed by atoms with Crippen molar-refractivity contribution in [2.45, 2.75) is 39.7 Å². The summed E-state index contributed by atoms with van der Waals surface area (Å²) in [5.41, 5.74) is 5.28. The lowest BCUT2D eigenvalue weighted by atomic mass is 9.86. The molecule has 2 heterocycles. The number of amides is 2. The van der Waals surface area contributed by atoms with Crippen LogP contribution in [0, 0.1) is 5.41 Å². The van der Waals surface area contributed by atoms with Crippen molar-refractivity contribution in [3.8, 4) is 0 Å². The Balaban J connectivity index is 2.05. The number of primary amides is 1. The second kappa shape index (κ2) is 7.04. The summed E-state index contributed by atoms with van der Waals surface area (Å²) in [5, 5.41) is 3.05. The van der Waals surface area contributed by atoms with Gasteiger partial charge in [0.25, 0.3) is 11.8 Å². The minimum absolute atomic E-state index is 0.00529. The maximum absolute atomic E-state index is 12.4. The fraction of sp³-hybridized carbons (Fsp3) is 0.625. The van der Waals surface area contributed by atoms with Crippen LogP contribution in [0.25, 0.3) is 0 Å². The molecule has 0 spiro atoms. The molecule has 1 atom stereocenters. The number of carbonyl (C=O) groups is 2. The molecule has 0 radical (unpaired) electrons. The first-order valence-corrected chi connectivity index (χ1v) is 7.92. The van der Waals surface area contributed by atoms with Gasteiger partial charge in [0, 0.05) is 12.6 Å². The molecular formula is C16H25N5O2. The van der Waals surface area contributed by atoms with E-state index in [-0.39, 0.29) is 28.8 Å². The van der Waals surface area contributed by atoms with E-state index in [1.807, 2.05) is 0 Å². The Hall–Kier alpha value is -2.02. The summed E-state index contributed by atoms with van der Waals surface area (Å²) >= 11 is 0. The molecule has 7 nitrogen and oxygen atoms in total. The topological polar surface area (TPSA) is 101 Å². The van der Waals surface area contributed by atoms with Gasteiger partial charge >= 0.3 is 0 Å². The van der Waals surface area contributed by atoms with Crippen molar-refractivity contribution < 1.29 is 9.59 Å². The van der Waals surface area contributed by atoms with Gasteiger partial charge in [-0.25, -0.2) is 9.97 Å². The monoisotopic (exact) mass is 319 g/mol. The van der Waals surface area contributed by atoms with Crippen molar-refractivity contribution in [1.29, 1.82) is 0 Å². The van der Waals surface area contributed by atoms with Crippen LogP contribution in [0.3, 0.4) is 0 Å². The maximum atomic E-state index is 12.4. The number of hydrogen-bond acceptors (Lipinski definition) is 5. The number of likely N-dealkylation sites (tertiary alicyclic amines) is 1. The molecule has 1 saturated heterocycles. The summed E-state index contributed by atoms with van der Waals surface area (Å²) < 4.78 is 0. The van der Waals surface area contributed by atoms with Crippen molar-refractivity contribution in [2.75, 3.05) is 19.6 Å². The van der Waals surface area contributed by atoms with E-state index in [4.69, 9.17) is 5.73 Å². The Kier molecular flexibility index (Phi) is 5.30. The van der Waals surface area contributed by atoms with Gasteiger partial charge in [0.2, 0.25) is 0 Å². The van der Waals surface area contributed by atoms with Gasteiger partial charge in [0.1, 0.15) is 11.4 Å². The van der Waals surface area contributed by atoms with Gasteiger partial charge < -0.3 is 16.0 Å². The number of nitrogens with one attached hydrogen (secondary N) is 1. The standard InChI is InChI=1S/C16H25N5O2/c1-16(2,3)13(10-21-6-4-5-7-21)20-15(23)12-9-18-11(8-19-12)14(17)22/h8-9,13H,4-7,10H2,1-3H3,(H2,17,22)(H,20,23). The summed E-state index contributed by atoms with van der Waals surface area (Å²) in [4.78, 5) is 33.6. The van der Waals surface area contributed by atoms with Crippen molar-refractivity contribution in [2.24, 2.45) is 11.1 Å². The van der Waals surface area contributed by atoms with Crippen molar-refractivity contribution in [3.05, 3.63) is 23.8 Å². The molecule has 126 valence electrons. The van der Waals surface area contributed by atoms with E-state index in [1.54, 1.807) is 0 Å². The Morgan fingerprint density at radius 3 is 2.26 bits per heavy atom. The minimum Gasteiger partial charge on any atom is -0.364 e. The molecule has 2 rings (SSSR count). The number of aromatic nitrogens is 2. The largest absolute Gasteiger partial charge is 0.364 e. The van der Waals surface area contributed by atoms with Crippen LogP contribution < -0.4 is 11.1 Å². The second-order valence-corrected chi connectivity index (χ2v) is 7.05. The highest BCUT2D eigenvalue weighted by Crippen LogP contribution is 2.22. The molecule has 1 fully saturated rings. The molecule has 1 aromatic rings. The van der Waals surface area contributed by atoms with Gasteiger partial charge in [-0.15, -0.1) is 0 Å². The number of rotatable bonds is 5. The average Bonchev–Trinajstić information content (AvgIpc) is 2.98. The molecule has 2 amide bonds. The van der Waals surface area contributed by atoms with Gasteiger partial charge in [-0.05, 0) is 31.3 Å². The summed E-state index contributed by atoms with van der Waals surface area (Å²) in [5.74, 6) is -0.946. The van der Waals surface area contributed by atoms with Crippen molar-refractivity contribution in [1.82, 2.24) is 20.2 Å². The van der Waals surface area contributed by atoms with E-state index in [0.29, 0.717) is 0 Å². The van der Waals surface area contributed by atoms with Crippen LogP contribution in [0.15, 0.2) is 12.4 Å². The van der Waals surface area contributed by atoms with Crippen LogP contribution >= 0.6 is 0 Å². The molecule has 1 aliphatic heterocycles. The van der Waals surface area contributed by atoms with Crippen molar-refractivity contribution in [3.63, 3.8) is 0 Å². The minimum atomic E-state index is -0.661. The van der Waals surface area contributed by atoms with E-state index >= 15 is 0 Å². The van der Waals surface area contributed by atoms with Crippen LogP contribution in [-0.2, 0) is 0 Å². The highest BCUT2D eigenvalue weighted by atomic mass is 16.2. The quantitative estimate of drug-likeness (QED) is 0.836. The van der Waals surface area contributed by atoms with Crippen LogP contribution in [0.5, 0.6) is 0 Å². The first kappa shape index (κ1) is 17.3. The molecule has 7 heteroatoms. The van der Waals surface area contributed by atoms with E-state index in [0.717, 1.165) is 19.6 Å². The van der Waals surface area contributed by atoms with E-state index in [1.165, 1.54) is 25.2 Å². The highest BCUT2D eigenvalue weighted by molar-refractivity contribution is 5.94. The Labute approximate surface area is 136 Å². The Bertz CT molecular complexity index is 559. The summed E-state index contributed by atoms with van der Waals surface area (Å²) in [7, 11) is 0. The summed E-state index contributed by atoms with van der Waals surface area (Å²) in [6.45, 7) is 9.30. The van der Waals surface area contributed by atoms with Gasteiger partial charge in [0.15, 0.2) is 0 Å². The van der Waals surface area contributed by atoms with Crippen LogP contribution in [-0.4, -0.2) is 52.4 Å². The fourth-order valence-corrected chi connectivity index (χ4v) is 2.56. The highest BCUT2D eigenvalue weighted by Gasteiger charge is 2.29. The smallest absolute Gasteiger partial charge is 0.271 e. The number of nitrogens with zero attached hydrogens (tertiary/aromatic N) is 3. The third kappa shape index (κ3) is 4.72. The number of carbonyl (C=O) groups excluding carboxylic acids is 2. The average molecular weight is 319 g/mol. The van der Waals surface area contributed by atoms with Crippen molar-refractivity contribution >= 4 is 11.8 Å². The molecule has 23 heavy (non-hydrogen) atoms. The SMILES string of the molecule is CC(C)(C)C(CN1CCCC1)NC(=O)c1cnc(C(N)=O)cn1. The molecule has 0 aromatic carbocycles. The lowest BCUT2D eigenvalue weighted by Gasteiger charge is -2.34. The van der Waals surface area contributed by atoms with Gasteiger partial charge in [-0.1, -0.05) is 20.8 Å². The first-order chi connectivity index (χ1) is 10.8. The zero-order chi connectivity index (χ0) is 17.0. The molecule has 0 bridgehead atoms. The number of hydrogen-bond donors (Lipinski definition) is 2. The van der Waals surface area contributed by atoms with E-state index in [9.17, 15) is 9.59 Å². The van der Waals surface area contributed by atoms with E-state index in [2.05, 4.69) is 41.0 Å². The second-order valence-electron chi connectivity index (χ2n) is 7.05. The van der Waals surface area contributed by atoms with Crippen LogP contribution in [0.2, 0.25) is 0 Å². The first-order valence-electron chi connectivity index (χ1n) is 7.92. The van der Waals surface area contributed by atoms with Gasteiger partial charge in [0.05, 0.1) is 12.4 Å². The van der Waals surface area contributed by atoms with E-state index < -0.39 is 5.91 Å². The zero-order valence-electron chi connectivity index (χ0n) is 14.0. The van der Waals surface area contributed by atoms with Crippen LogP contribution in [0.4, 0.5) is 0 Å². The predicted octanol–water partition coefficient (Wildman–Crippen LogP) is 0.816. The molecule has 0 saturated carbocycles. The molecule has 1 unspecified atom stereocenters.